The highest BCUT2D eigenvalue weighted by Gasteiger charge is 2.20. The second kappa shape index (κ2) is 6.54. The predicted molar refractivity (Wildman–Crippen MR) is 76.0 cm³/mol. The van der Waals surface area contributed by atoms with Gasteiger partial charge in [-0.2, -0.15) is 0 Å². The number of aryl methyl sites for hydroxylation is 1. The Morgan fingerprint density at radius 3 is 2.55 bits per heavy atom. The van der Waals surface area contributed by atoms with E-state index in [1.54, 1.807) is 0 Å². The van der Waals surface area contributed by atoms with Crippen molar-refractivity contribution in [3.05, 3.63) is 29.1 Å². The van der Waals surface area contributed by atoms with Gasteiger partial charge in [0.2, 0.25) is 0 Å². The van der Waals surface area contributed by atoms with Crippen LogP contribution in [0.4, 0.5) is 4.39 Å². The van der Waals surface area contributed by atoms with Crippen molar-refractivity contribution >= 4 is 25.6 Å². The maximum atomic E-state index is 13.8. The first-order valence-corrected chi connectivity index (χ1v) is 8.50. The first-order chi connectivity index (χ1) is 9.16. The number of amides is 1. The van der Waals surface area contributed by atoms with Gasteiger partial charge in [-0.15, -0.1) is 0 Å². The van der Waals surface area contributed by atoms with Crippen LogP contribution in [-0.4, -0.2) is 20.9 Å². The lowest BCUT2D eigenvalue weighted by Crippen LogP contribution is -2.29. The van der Waals surface area contributed by atoms with Gasteiger partial charge in [0.05, 0.1) is 10.5 Å². The van der Waals surface area contributed by atoms with E-state index in [1.165, 1.54) is 6.92 Å². The molecule has 0 heterocycles. The van der Waals surface area contributed by atoms with Gasteiger partial charge in [-0.3, -0.25) is 4.79 Å². The quantitative estimate of drug-likeness (QED) is 0.848. The summed E-state index contributed by atoms with van der Waals surface area (Å²) in [6, 6.07) is 1.96. The number of benzene rings is 1. The molecule has 1 rings (SSSR count). The molecule has 20 heavy (non-hydrogen) atoms. The number of carbonyl (C=O) groups excluding carboxylic acids is 1. The van der Waals surface area contributed by atoms with Crippen LogP contribution in [0, 0.1) is 18.7 Å². The van der Waals surface area contributed by atoms with E-state index in [-0.39, 0.29) is 21.9 Å². The van der Waals surface area contributed by atoms with Crippen molar-refractivity contribution in [2.24, 2.45) is 5.92 Å². The van der Waals surface area contributed by atoms with E-state index in [9.17, 15) is 17.6 Å². The summed E-state index contributed by atoms with van der Waals surface area (Å²) in [6.45, 7) is 5.73. The van der Waals surface area contributed by atoms with Crippen molar-refractivity contribution in [2.45, 2.75) is 32.1 Å². The highest BCUT2D eigenvalue weighted by atomic mass is 35.7. The second-order valence-electron chi connectivity index (χ2n) is 4.76. The van der Waals surface area contributed by atoms with Crippen molar-refractivity contribution in [3.63, 3.8) is 0 Å². The summed E-state index contributed by atoms with van der Waals surface area (Å²) in [6.07, 6.45) is 0.873. The molecular weight excluding hydrogens is 305 g/mol. The molecule has 0 bridgehead atoms. The van der Waals surface area contributed by atoms with Crippen molar-refractivity contribution in [1.82, 2.24) is 5.32 Å². The summed E-state index contributed by atoms with van der Waals surface area (Å²) >= 11 is 0. The number of hydrogen-bond donors (Lipinski definition) is 1. The summed E-state index contributed by atoms with van der Waals surface area (Å²) in [5.41, 5.74) is -0.158. The van der Waals surface area contributed by atoms with Crippen molar-refractivity contribution in [3.8, 4) is 0 Å². The van der Waals surface area contributed by atoms with Crippen molar-refractivity contribution < 1.29 is 17.6 Å². The van der Waals surface area contributed by atoms with E-state index < -0.39 is 20.8 Å². The Labute approximate surface area is 122 Å². The lowest BCUT2D eigenvalue weighted by molar-refractivity contribution is 0.0943. The van der Waals surface area contributed by atoms with Crippen LogP contribution < -0.4 is 5.32 Å². The van der Waals surface area contributed by atoms with Crippen molar-refractivity contribution in [2.75, 3.05) is 6.54 Å². The Hall–Kier alpha value is -1.14. The molecule has 7 heteroatoms. The molecule has 1 unspecified atom stereocenters. The van der Waals surface area contributed by atoms with Crippen LogP contribution in [0.5, 0.6) is 0 Å². The van der Waals surface area contributed by atoms with Gasteiger partial charge in [0.1, 0.15) is 5.82 Å². The van der Waals surface area contributed by atoms with Gasteiger partial charge in [-0.1, -0.05) is 20.3 Å². The average Bonchev–Trinajstić information content (AvgIpc) is 2.33. The minimum Gasteiger partial charge on any atom is -0.352 e. The Kier molecular flexibility index (Phi) is 5.53. The summed E-state index contributed by atoms with van der Waals surface area (Å²) in [5.74, 6) is -1.17. The standard InChI is InChI=1S/C13H17ClFNO3S/c1-4-8(2)7-16-13(17)10-6-12(20(14,18)19)9(3)5-11(10)15/h5-6,8H,4,7H2,1-3H3,(H,16,17). The number of hydrogen-bond acceptors (Lipinski definition) is 3. The van der Waals surface area contributed by atoms with Crippen LogP contribution in [0.25, 0.3) is 0 Å². The van der Waals surface area contributed by atoms with E-state index in [0.29, 0.717) is 6.54 Å². The fourth-order valence-electron chi connectivity index (χ4n) is 1.60. The molecule has 0 fully saturated rings. The van der Waals surface area contributed by atoms with Gasteiger partial charge in [0.25, 0.3) is 15.0 Å². The van der Waals surface area contributed by atoms with Gasteiger partial charge >= 0.3 is 0 Å². The third-order valence-corrected chi connectivity index (χ3v) is 4.54. The molecule has 0 aromatic heterocycles. The molecule has 0 saturated carbocycles. The summed E-state index contributed by atoms with van der Waals surface area (Å²) in [4.78, 5) is 11.6. The summed E-state index contributed by atoms with van der Waals surface area (Å²) in [7, 11) is 1.24. The van der Waals surface area contributed by atoms with Crippen LogP contribution in [0.3, 0.4) is 0 Å². The third-order valence-electron chi connectivity index (χ3n) is 3.08. The molecule has 1 aromatic rings. The molecule has 1 N–H and O–H groups in total. The van der Waals surface area contributed by atoms with Crippen molar-refractivity contribution in [1.29, 1.82) is 0 Å². The lowest BCUT2D eigenvalue weighted by Gasteiger charge is -2.12. The largest absolute Gasteiger partial charge is 0.352 e. The minimum atomic E-state index is -4.02. The molecular formula is C13H17ClFNO3S. The van der Waals surface area contributed by atoms with E-state index in [2.05, 4.69) is 5.32 Å². The summed E-state index contributed by atoms with van der Waals surface area (Å²) in [5, 5.41) is 2.57. The smallest absolute Gasteiger partial charge is 0.261 e. The van der Waals surface area contributed by atoms with Gasteiger partial charge in [-0.25, -0.2) is 12.8 Å². The Balaban J connectivity index is 3.10. The summed E-state index contributed by atoms with van der Waals surface area (Å²) < 4.78 is 36.5. The molecule has 0 aliphatic rings. The highest BCUT2D eigenvalue weighted by Crippen LogP contribution is 2.23. The Morgan fingerprint density at radius 2 is 2.05 bits per heavy atom. The molecule has 0 aliphatic heterocycles. The molecule has 0 radical (unpaired) electrons. The highest BCUT2D eigenvalue weighted by molar-refractivity contribution is 8.13. The maximum absolute atomic E-state index is 13.8. The first kappa shape index (κ1) is 16.9. The van der Waals surface area contributed by atoms with E-state index >= 15 is 0 Å². The third kappa shape index (κ3) is 4.18. The number of carbonyl (C=O) groups is 1. The van der Waals surface area contributed by atoms with E-state index in [1.807, 2.05) is 13.8 Å². The molecule has 0 aliphatic carbocycles. The van der Waals surface area contributed by atoms with Crippen LogP contribution >= 0.6 is 10.7 Å². The van der Waals surface area contributed by atoms with Gasteiger partial charge < -0.3 is 5.32 Å². The molecule has 4 nitrogen and oxygen atoms in total. The van der Waals surface area contributed by atoms with Gasteiger partial charge in [0.15, 0.2) is 0 Å². The monoisotopic (exact) mass is 321 g/mol. The van der Waals surface area contributed by atoms with Crippen LogP contribution in [0.15, 0.2) is 17.0 Å². The molecule has 0 saturated heterocycles. The fourth-order valence-corrected chi connectivity index (χ4v) is 2.80. The molecule has 112 valence electrons. The Bertz CT molecular complexity index is 616. The SMILES string of the molecule is CCC(C)CNC(=O)c1cc(S(=O)(=O)Cl)c(C)cc1F. The minimum absolute atomic E-state index is 0.163. The van der Waals surface area contributed by atoms with E-state index in [0.717, 1.165) is 18.6 Å². The maximum Gasteiger partial charge on any atom is 0.261 e. The predicted octanol–water partition coefficient (Wildman–Crippen LogP) is 2.84. The number of halogens is 2. The van der Waals surface area contributed by atoms with Gasteiger partial charge in [0, 0.05) is 17.2 Å². The van der Waals surface area contributed by atoms with E-state index in [4.69, 9.17) is 10.7 Å². The molecule has 1 aromatic carbocycles. The topological polar surface area (TPSA) is 63.2 Å². The normalized spacial score (nSPS) is 13.1. The Morgan fingerprint density at radius 1 is 1.45 bits per heavy atom. The lowest BCUT2D eigenvalue weighted by atomic mass is 10.1. The zero-order valence-corrected chi connectivity index (χ0v) is 13.1. The average molecular weight is 322 g/mol. The van der Waals surface area contributed by atoms with Crippen LogP contribution in [0.1, 0.15) is 36.2 Å². The molecule has 1 amide bonds. The zero-order chi connectivity index (χ0) is 15.5. The zero-order valence-electron chi connectivity index (χ0n) is 11.5. The fraction of sp³-hybridized carbons (Fsp3) is 0.462. The number of nitrogens with one attached hydrogen (secondary N) is 1. The second-order valence-corrected chi connectivity index (χ2v) is 7.29. The van der Waals surface area contributed by atoms with Crippen LogP contribution in [-0.2, 0) is 9.05 Å². The number of rotatable bonds is 5. The molecule has 0 spiro atoms. The van der Waals surface area contributed by atoms with Crippen LogP contribution in [0.2, 0.25) is 0 Å². The first-order valence-electron chi connectivity index (χ1n) is 6.19. The van der Waals surface area contributed by atoms with Gasteiger partial charge in [-0.05, 0) is 30.5 Å². The molecule has 1 atom stereocenters.